The Labute approximate surface area is 214 Å². The predicted molar refractivity (Wildman–Crippen MR) is 134 cm³/mol. The van der Waals surface area contributed by atoms with Gasteiger partial charge in [-0.15, -0.1) is 0 Å². The van der Waals surface area contributed by atoms with Crippen LogP contribution in [0, 0.1) is 5.92 Å². The molecular weight excluding hydrogens is 462 g/mol. The Balaban J connectivity index is 1.61. The Morgan fingerprint density at radius 2 is 2.03 bits per heavy atom. The first-order chi connectivity index (χ1) is 17.4. The summed E-state index contributed by atoms with van der Waals surface area (Å²) in [5.74, 6) is 0.359. The zero-order chi connectivity index (χ0) is 25.5. The largest absolute Gasteiger partial charge is 0.490 e. The van der Waals surface area contributed by atoms with Gasteiger partial charge in [-0.3, -0.25) is 4.90 Å². The average molecular weight is 506 g/mol. The van der Waals surface area contributed by atoms with Gasteiger partial charge in [-0.1, -0.05) is 26.3 Å². The number of aliphatic hydroxyl groups excluding tert-OH is 2. The van der Waals surface area contributed by atoms with E-state index in [1.807, 2.05) is 6.07 Å². The number of ether oxygens (including phenoxy) is 4. The number of rotatable bonds is 13. The summed E-state index contributed by atoms with van der Waals surface area (Å²) < 4.78 is 25.1. The maximum atomic E-state index is 11.6. The maximum absolute atomic E-state index is 11.6. The molecule has 1 aromatic rings. The molecule has 5 rings (SSSR count). The van der Waals surface area contributed by atoms with Gasteiger partial charge in [-0.2, -0.15) is 0 Å². The van der Waals surface area contributed by atoms with Crippen molar-refractivity contribution in [3.63, 3.8) is 0 Å². The summed E-state index contributed by atoms with van der Waals surface area (Å²) in [7, 11) is 1.53. The second kappa shape index (κ2) is 10.4. The zero-order valence-corrected chi connectivity index (χ0v) is 21.9. The van der Waals surface area contributed by atoms with Crippen LogP contribution in [-0.2, 0) is 15.9 Å². The average Bonchev–Trinajstić information content (AvgIpc) is 3.62. The van der Waals surface area contributed by atoms with E-state index in [0.717, 1.165) is 37.9 Å². The Morgan fingerprint density at radius 3 is 2.69 bits per heavy atom. The highest BCUT2D eigenvalue weighted by Gasteiger charge is 2.67. The van der Waals surface area contributed by atoms with Crippen molar-refractivity contribution in [2.75, 3.05) is 40.0 Å². The highest BCUT2D eigenvalue weighted by Crippen LogP contribution is 2.62. The predicted octanol–water partition coefficient (Wildman–Crippen LogP) is 2.60. The van der Waals surface area contributed by atoms with E-state index in [0.29, 0.717) is 36.9 Å². The SMILES string of the molecule is CCCCOc1ccc2c3c1O[C@@H]1C3[C@@](OCC(O)CO)(CCC1(O)OC)[C@H](N(CC)CC1CC1)C2. The molecule has 36 heavy (non-hydrogen) atoms. The van der Waals surface area contributed by atoms with Crippen LogP contribution in [-0.4, -0.2) is 89.9 Å². The van der Waals surface area contributed by atoms with Gasteiger partial charge in [0.05, 0.1) is 31.3 Å². The van der Waals surface area contributed by atoms with E-state index in [-0.39, 0.29) is 25.2 Å². The van der Waals surface area contributed by atoms with E-state index in [2.05, 4.69) is 24.8 Å². The van der Waals surface area contributed by atoms with Crippen molar-refractivity contribution >= 4 is 0 Å². The van der Waals surface area contributed by atoms with Crippen molar-refractivity contribution in [2.24, 2.45) is 5.92 Å². The fourth-order valence-corrected chi connectivity index (χ4v) is 6.65. The normalized spacial score (nSPS) is 33.4. The minimum Gasteiger partial charge on any atom is -0.490 e. The van der Waals surface area contributed by atoms with Crippen LogP contribution >= 0.6 is 0 Å². The van der Waals surface area contributed by atoms with Gasteiger partial charge < -0.3 is 34.3 Å². The van der Waals surface area contributed by atoms with Crippen LogP contribution in [0.5, 0.6) is 11.5 Å². The highest BCUT2D eigenvalue weighted by molar-refractivity contribution is 5.59. The molecule has 0 amide bonds. The Kier molecular flexibility index (Phi) is 7.56. The van der Waals surface area contributed by atoms with Gasteiger partial charge in [-0.25, -0.2) is 0 Å². The summed E-state index contributed by atoms with van der Waals surface area (Å²) in [5, 5.41) is 31.4. The maximum Gasteiger partial charge on any atom is 0.203 e. The van der Waals surface area contributed by atoms with E-state index < -0.39 is 23.6 Å². The molecule has 3 N–H and O–H groups in total. The van der Waals surface area contributed by atoms with Gasteiger partial charge in [0, 0.05) is 31.7 Å². The van der Waals surface area contributed by atoms with Crippen molar-refractivity contribution in [3.05, 3.63) is 23.3 Å². The molecule has 2 saturated carbocycles. The lowest BCUT2D eigenvalue weighted by atomic mass is 9.60. The van der Waals surface area contributed by atoms with Gasteiger partial charge in [0.1, 0.15) is 6.10 Å². The number of benzene rings is 1. The molecule has 0 radical (unpaired) electrons. The van der Waals surface area contributed by atoms with E-state index in [4.69, 9.17) is 18.9 Å². The molecule has 0 spiro atoms. The number of methoxy groups -OCH3 is 1. The molecule has 202 valence electrons. The molecule has 1 aliphatic heterocycles. The summed E-state index contributed by atoms with van der Waals surface area (Å²) in [5.41, 5.74) is 1.54. The molecule has 8 nitrogen and oxygen atoms in total. The third-order valence-electron chi connectivity index (χ3n) is 8.83. The molecular formula is C28H43NO7. The lowest BCUT2D eigenvalue weighted by Gasteiger charge is -2.57. The third-order valence-corrected chi connectivity index (χ3v) is 8.83. The first-order valence-electron chi connectivity index (χ1n) is 13.8. The molecule has 1 aromatic carbocycles. The topological polar surface area (TPSA) is 101 Å². The molecule has 8 heteroatoms. The van der Waals surface area contributed by atoms with Crippen LogP contribution in [0.15, 0.2) is 12.1 Å². The van der Waals surface area contributed by atoms with Gasteiger partial charge in [0.2, 0.25) is 5.79 Å². The van der Waals surface area contributed by atoms with Crippen molar-refractivity contribution in [1.29, 1.82) is 0 Å². The van der Waals surface area contributed by atoms with E-state index in [1.165, 1.54) is 25.5 Å². The second-order valence-corrected chi connectivity index (χ2v) is 11.1. The lowest BCUT2D eigenvalue weighted by Crippen LogP contribution is -2.69. The zero-order valence-electron chi connectivity index (χ0n) is 21.9. The first kappa shape index (κ1) is 26.2. The standard InChI is InChI=1S/C28H43NO7/c1-4-6-13-34-21-10-9-19-14-22(29(5-2)15-18-7-8-18)27(35-17-20(31)16-30)11-12-28(32,33-3)26-24(27)23(19)25(21)36-26/h9-10,18,20,22,24,26,30-32H,4-8,11-17H2,1-3H3/t20?,22-,24?,26-,27-,28?/m1/s1. The van der Waals surface area contributed by atoms with Crippen molar-refractivity contribution in [1.82, 2.24) is 4.90 Å². The first-order valence-corrected chi connectivity index (χ1v) is 13.8. The van der Waals surface area contributed by atoms with Crippen LogP contribution < -0.4 is 9.47 Å². The minimum atomic E-state index is -1.46. The quantitative estimate of drug-likeness (QED) is 0.278. The second-order valence-electron chi connectivity index (χ2n) is 11.1. The number of aliphatic hydroxyl groups is 3. The van der Waals surface area contributed by atoms with Gasteiger partial charge in [-0.05, 0) is 56.2 Å². The van der Waals surface area contributed by atoms with Gasteiger partial charge in [0.15, 0.2) is 17.6 Å². The molecule has 3 aliphatic carbocycles. The molecule has 2 fully saturated rings. The number of nitrogens with zero attached hydrogens (tertiary/aromatic N) is 1. The number of hydrogen-bond acceptors (Lipinski definition) is 8. The summed E-state index contributed by atoms with van der Waals surface area (Å²) in [6.07, 6.45) is 4.60. The van der Waals surface area contributed by atoms with Crippen LogP contribution in [0.25, 0.3) is 0 Å². The smallest absolute Gasteiger partial charge is 0.203 e. The summed E-state index contributed by atoms with van der Waals surface area (Å²) >= 11 is 0. The monoisotopic (exact) mass is 505 g/mol. The molecule has 0 aromatic heterocycles. The summed E-state index contributed by atoms with van der Waals surface area (Å²) in [4.78, 5) is 2.53. The highest BCUT2D eigenvalue weighted by atomic mass is 16.7. The van der Waals surface area contributed by atoms with Crippen molar-refractivity contribution in [2.45, 2.75) is 94.3 Å². The van der Waals surface area contributed by atoms with Crippen LogP contribution in [0.1, 0.15) is 69.4 Å². The summed E-state index contributed by atoms with van der Waals surface area (Å²) in [6, 6.07) is 4.21. The van der Waals surface area contributed by atoms with E-state index in [9.17, 15) is 15.3 Å². The minimum absolute atomic E-state index is 0.0277. The van der Waals surface area contributed by atoms with Gasteiger partial charge in [0.25, 0.3) is 0 Å². The Hall–Kier alpha value is -1.42. The van der Waals surface area contributed by atoms with Crippen LogP contribution in [0.3, 0.4) is 0 Å². The molecule has 3 unspecified atom stereocenters. The van der Waals surface area contributed by atoms with Crippen molar-refractivity contribution < 1.29 is 34.3 Å². The molecule has 0 saturated heterocycles. The molecule has 1 heterocycles. The third kappa shape index (κ3) is 4.44. The fraction of sp³-hybridized carbons (Fsp3) is 0.786. The molecule has 0 bridgehead atoms. The number of likely N-dealkylation sites (N-methyl/N-ethyl adjacent to an activating group) is 1. The molecule has 4 aliphatic rings. The summed E-state index contributed by atoms with van der Waals surface area (Å²) in [6.45, 7) is 6.51. The lowest BCUT2D eigenvalue weighted by molar-refractivity contribution is -0.289. The van der Waals surface area contributed by atoms with E-state index in [1.54, 1.807) is 0 Å². The Bertz CT molecular complexity index is 919. The van der Waals surface area contributed by atoms with Gasteiger partial charge >= 0.3 is 0 Å². The van der Waals surface area contributed by atoms with Crippen molar-refractivity contribution in [3.8, 4) is 11.5 Å². The van der Waals surface area contributed by atoms with Crippen LogP contribution in [0.4, 0.5) is 0 Å². The van der Waals surface area contributed by atoms with E-state index >= 15 is 0 Å². The van der Waals surface area contributed by atoms with Crippen LogP contribution in [0.2, 0.25) is 0 Å². The molecule has 6 atom stereocenters. The fourth-order valence-electron chi connectivity index (χ4n) is 6.65. The number of hydrogen-bond donors (Lipinski definition) is 3. The number of unbranched alkanes of at least 4 members (excludes halogenated alkanes) is 1. The Morgan fingerprint density at radius 1 is 1.22 bits per heavy atom.